The summed E-state index contributed by atoms with van der Waals surface area (Å²) in [6.45, 7) is 6.50. The highest BCUT2D eigenvalue weighted by Crippen LogP contribution is 1.99. The normalized spacial score (nSPS) is 15.2. The summed E-state index contributed by atoms with van der Waals surface area (Å²) in [5.74, 6) is 0.909. The zero-order valence-electron chi connectivity index (χ0n) is 6.46. The van der Waals surface area contributed by atoms with Gasteiger partial charge in [0, 0.05) is 6.61 Å². The van der Waals surface area contributed by atoms with E-state index in [1.165, 1.54) is 0 Å². The molecule has 0 spiro atoms. The van der Waals surface area contributed by atoms with E-state index in [-0.39, 0.29) is 6.61 Å². The van der Waals surface area contributed by atoms with Crippen molar-refractivity contribution in [3.8, 4) is 0 Å². The van der Waals surface area contributed by atoms with Crippen LogP contribution >= 0.6 is 0 Å². The van der Waals surface area contributed by atoms with Gasteiger partial charge in [-0.05, 0) is 11.8 Å². The van der Waals surface area contributed by atoms with Gasteiger partial charge in [-0.2, -0.15) is 0 Å². The molecule has 0 saturated carbocycles. The highest BCUT2D eigenvalue weighted by Gasteiger charge is 1.91. The summed E-state index contributed by atoms with van der Waals surface area (Å²) >= 11 is 0. The summed E-state index contributed by atoms with van der Waals surface area (Å²) in [4.78, 5) is 0. The van der Waals surface area contributed by atoms with Gasteiger partial charge in [0.15, 0.2) is 0 Å². The maximum absolute atomic E-state index is 8.60. The second kappa shape index (κ2) is 4.57. The van der Waals surface area contributed by atoms with Crippen LogP contribution < -0.4 is 0 Å². The molecular formula is C8H16O. The Morgan fingerprint density at radius 1 is 1.22 bits per heavy atom. The molecule has 0 rings (SSSR count). The zero-order chi connectivity index (χ0) is 7.28. The Morgan fingerprint density at radius 2 is 1.78 bits per heavy atom. The van der Waals surface area contributed by atoms with Crippen LogP contribution in [0.25, 0.3) is 0 Å². The van der Waals surface area contributed by atoms with E-state index in [0.29, 0.717) is 11.8 Å². The van der Waals surface area contributed by atoms with Gasteiger partial charge in [-0.1, -0.05) is 32.9 Å². The minimum Gasteiger partial charge on any atom is -0.396 e. The maximum Gasteiger partial charge on any atom is 0.0491 e. The molecule has 1 unspecified atom stereocenters. The van der Waals surface area contributed by atoms with Crippen molar-refractivity contribution < 1.29 is 5.11 Å². The Bertz CT molecular complexity index is 84.6. The van der Waals surface area contributed by atoms with E-state index >= 15 is 0 Å². The highest BCUT2D eigenvalue weighted by molar-refractivity contribution is 4.88. The molecule has 0 saturated heterocycles. The average Bonchev–Trinajstić information content (AvgIpc) is 1.83. The van der Waals surface area contributed by atoms with E-state index in [4.69, 9.17) is 5.11 Å². The van der Waals surface area contributed by atoms with Crippen LogP contribution in [0.1, 0.15) is 20.8 Å². The van der Waals surface area contributed by atoms with Gasteiger partial charge in [-0.25, -0.2) is 0 Å². The second-order valence-corrected chi connectivity index (χ2v) is 2.79. The third-order valence-electron chi connectivity index (χ3n) is 1.11. The number of hydrogen-bond acceptors (Lipinski definition) is 1. The lowest BCUT2D eigenvalue weighted by Crippen LogP contribution is -1.95. The third kappa shape index (κ3) is 5.57. The third-order valence-corrected chi connectivity index (χ3v) is 1.11. The minimum atomic E-state index is 0.253. The molecule has 0 radical (unpaired) electrons. The summed E-state index contributed by atoms with van der Waals surface area (Å²) in [6, 6.07) is 0. The average molecular weight is 128 g/mol. The van der Waals surface area contributed by atoms with Crippen molar-refractivity contribution >= 4 is 0 Å². The fraction of sp³-hybridized carbons (Fsp3) is 0.750. The fourth-order valence-corrected chi connectivity index (χ4v) is 0.473. The molecule has 0 amide bonds. The first-order valence-corrected chi connectivity index (χ1v) is 3.46. The highest BCUT2D eigenvalue weighted by atomic mass is 16.3. The minimum absolute atomic E-state index is 0.253. The van der Waals surface area contributed by atoms with Crippen LogP contribution in [0.5, 0.6) is 0 Å². The van der Waals surface area contributed by atoms with Crippen molar-refractivity contribution in [2.75, 3.05) is 6.61 Å². The van der Waals surface area contributed by atoms with Crippen molar-refractivity contribution in [1.29, 1.82) is 0 Å². The lowest BCUT2D eigenvalue weighted by atomic mass is 10.1. The number of hydrogen-bond donors (Lipinski definition) is 1. The van der Waals surface area contributed by atoms with Crippen molar-refractivity contribution in [2.24, 2.45) is 11.8 Å². The standard InChI is InChI=1S/C8H16O/c1-7(2)4-5-8(3)6-9/h4-5,7-9H,6H2,1-3H3. The van der Waals surface area contributed by atoms with E-state index in [9.17, 15) is 0 Å². The summed E-state index contributed by atoms with van der Waals surface area (Å²) in [5.41, 5.74) is 0. The van der Waals surface area contributed by atoms with Crippen LogP contribution in [0.15, 0.2) is 12.2 Å². The summed E-state index contributed by atoms with van der Waals surface area (Å²) in [7, 11) is 0. The second-order valence-electron chi connectivity index (χ2n) is 2.79. The number of rotatable bonds is 3. The van der Waals surface area contributed by atoms with Crippen LogP contribution in [0, 0.1) is 11.8 Å². The van der Waals surface area contributed by atoms with E-state index in [0.717, 1.165) is 0 Å². The molecule has 0 aliphatic carbocycles. The van der Waals surface area contributed by atoms with Crippen molar-refractivity contribution in [3.63, 3.8) is 0 Å². The summed E-state index contributed by atoms with van der Waals surface area (Å²) < 4.78 is 0. The quantitative estimate of drug-likeness (QED) is 0.575. The van der Waals surface area contributed by atoms with Crippen molar-refractivity contribution in [3.05, 3.63) is 12.2 Å². The molecule has 0 aliphatic rings. The van der Waals surface area contributed by atoms with Gasteiger partial charge >= 0.3 is 0 Å². The fourth-order valence-electron chi connectivity index (χ4n) is 0.473. The smallest absolute Gasteiger partial charge is 0.0491 e. The molecule has 0 aliphatic heterocycles. The van der Waals surface area contributed by atoms with Crippen LogP contribution in [0.3, 0.4) is 0 Å². The predicted molar refractivity (Wildman–Crippen MR) is 40.2 cm³/mol. The molecule has 1 nitrogen and oxygen atoms in total. The Labute approximate surface area is 57.4 Å². The molecule has 0 aromatic heterocycles. The molecule has 0 aromatic rings. The first-order chi connectivity index (χ1) is 4.16. The molecule has 1 atom stereocenters. The molecular weight excluding hydrogens is 112 g/mol. The molecule has 0 aromatic carbocycles. The predicted octanol–water partition coefficient (Wildman–Crippen LogP) is 1.83. The van der Waals surface area contributed by atoms with Gasteiger partial charge in [-0.15, -0.1) is 0 Å². The van der Waals surface area contributed by atoms with E-state index in [2.05, 4.69) is 19.9 Å². The van der Waals surface area contributed by atoms with Crippen LogP contribution in [0.4, 0.5) is 0 Å². The molecule has 0 heterocycles. The summed E-state index contributed by atoms with van der Waals surface area (Å²) in [6.07, 6.45) is 4.16. The molecule has 1 N–H and O–H groups in total. The van der Waals surface area contributed by atoms with Gasteiger partial charge in [0.05, 0.1) is 0 Å². The van der Waals surface area contributed by atoms with E-state index in [1.807, 2.05) is 13.0 Å². The topological polar surface area (TPSA) is 20.2 Å². The first-order valence-electron chi connectivity index (χ1n) is 3.46. The molecule has 1 heteroatoms. The SMILES string of the molecule is CC(C)C=CC(C)CO. The van der Waals surface area contributed by atoms with Gasteiger partial charge in [-0.3, -0.25) is 0 Å². The number of allylic oxidation sites excluding steroid dienone is 1. The lowest BCUT2D eigenvalue weighted by Gasteiger charge is -1.99. The number of aliphatic hydroxyl groups excluding tert-OH is 1. The molecule has 0 fully saturated rings. The Kier molecular flexibility index (Phi) is 4.41. The van der Waals surface area contributed by atoms with E-state index in [1.54, 1.807) is 0 Å². The lowest BCUT2D eigenvalue weighted by molar-refractivity contribution is 0.261. The van der Waals surface area contributed by atoms with Gasteiger partial charge in [0.2, 0.25) is 0 Å². The van der Waals surface area contributed by atoms with Crippen molar-refractivity contribution in [1.82, 2.24) is 0 Å². The monoisotopic (exact) mass is 128 g/mol. The summed E-state index contributed by atoms with van der Waals surface area (Å²) in [5, 5.41) is 8.60. The van der Waals surface area contributed by atoms with Crippen LogP contribution in [-0.4, -0.2) is 11.7 Å². The number of aliphatic hydroxyl groups is 1. The van der Waals surface area contributed by atoms with Crippen molar-refractivity contribution in [2.45, 2.75) is 20.8 Å². The Morgan fingerprint density at radius 3 is 2.11 bits per heavy atom. The van der Waals surface area contributed by atoms with Gasteiger partial charge in [0.1, 0.15) is 0 Å². The van der Waals surface area contributed by atoms with Crippen LogP contribution in [-0.2, 0) is 0 Å². The van der Waals surface area contributed by atoms with Crippen LogP contribution in [0.2, 0.25) is 0 Å². The van der Waals surface area contributed by atoms with E-state index < -0.39 is 0 Å². The zero-order valence-corrected chi connectivity index (χ0v) is 6.46. The Hall–Kier alpha value is -0.300. The van der Waals surface area contributed by atoms with Gasteiger partial charge in [0.25, 0.3) is 0 Å². The molecule has 9 heavy (non-hydrogen) atoms. The molecule has 54 valence electrons. The van der Waals surface area contributed by atoms with Gasteiger partial charge < -0.3 is 5.11 Å². The maximum atomic E-state index is 8.60. The Balaban J connectivity index is 3.43. The first kappa shape index (κ1) is 8.70. The molecule has 0 bridgehead atoms. The largest absolute Gasteiger partial charge is 0.396 e.